The van der Waals surface area contributed by atoms with Gasteiger partial charge in [0.05, 0.1) is 0 Å². The van der Waals surface area contributed by atoms with Crippen molar-refractivity contribution in [3.05, 3.63) is 78.1 Å². The van der Waals surface area contributed by atoms with Crippen LogP contribution in [0.3, 0.4) is 0 Å². The van der Waals surface area contributed by atoms with E-state index in [0.717, 1.165) is 16.4 Å². The van der Waals surface area contributed by atoms with Gasteiger partial charge in [-0.3, -0.25) is 0 Å². The second-order valence-corrected chi connectivity index (χ2v) is 12.2. The normalized spacial score (nSPS) is 27.4. The maximum atomic E-state index is 13.2. The molecule has 2 aromatic carbocycles. The molecule has 0 radical (unpaired) electrons. The standard InChI is InChI=1S/C24H24N5O6PSe/c25-21-18-22(27-14-26-21)29(24(28-18)37-13-16-9-5-2-6-10-16)23-19(30)20-17(34-23)12-33-36(31,35-20)32-11-15-7-3-1-4-8-15/h1-10,14,17,19-20,23,30H,11-13H2,(H2,25,26,27)/t17-,19-,20-,23-,36?/m1/s1. The molecule has 0 bridgehead atoms. The van der Waals surface area contributed by atoms with Gasteiger partial charge in [-0.2, -0.15) is 0 Å². The van der Waals surface area contributed by atoms with Crippen LogP contribution in [0.5, 0.6) is 0 Å². The topological polar surface area (TPSA) is 144 Å². The first-order valence-electron chi connectivity index (χ1n) is 11.6. The van der Waals surface area contributed by atoms with Crippen LogP contribution >= 0.6 is 7.82 Å². The number of hydrogen-bond donors (Lipinski definition) is 2. The summed E-state index contributed by atoms with van der Waals surface area (Å²) < 4.78 is 38.5. The number of benzene rings is 2. The summed E-state index contributed by atoms with van der Waals surface area (Å²) >= 11 is -0.142. The number of fused-ring (bicyclic) bond motifs is 2. The molecule has 0 amide bonds. The maximum absolute atomic E-state index is 13.2. The molecule has 2 fully saturated rings. The molecule has 3 N–H and O–H groups in total. The summed E-state index contributed by atoms with van der Waals surface area (Å²) in [6, 6.07) is 19.3. The van der Waals surface area contributed by atoms with Crippen LogP contribution in [0, 0.1) is 0 Å². The van der Waals surface area contributed by atoms with Crippen LogP contribution in [0.15, 0.2) is 67.0 Å². The number of nitrogen functional groups attached to an aromatic ring is 1. The number of imidazole rings is 1. The Labute approximate surface area is 218 Å². The zero-order valence-corrected chi connectivity index (χ0v) is 22.1. The summed E-state index contributed by atoms with van der Waals surface area (Å²) in [7, 11) is -3.92. The van der Waals surface area contributed by atoms with Gasteiger partial charge in [-0.05, 0) is 0 Å². The quantitative estimate of drug-likeness (QED) is 0.243. The molecule has 2 saturated heterocycles. The summed E-state index contributed by atoms with van der Waals surface area (Å²) in [5.41, 5.74) is 8.96. The Balaban J connectivity index is 1.26. The van der Waals surface area contributed by atoms with Gasteiger partial charge in [0.25, 0.3) is 0 Å². The van der Waals surface area contributed by atoms with Gasteiger partial charge in [-0.15, -0.1) is 0 Å². The van der Waals surface area contributed by atoms with E-state index in [2.05, 4.69) is 22.1 Å². The average Bonchev–Trinajstić information content (AvgIpc) is 3.45. The molecule has 0 spiro atoms. The van der Waals surface area contributed by atoms with Gasteiger partial charge in [0.1, 0.15) is 0 Å². The number of aliphatic hydroxyl groups is 1. The van der Waals surface area contributed by atoms with Crippen LogP contribution in [0.2, 0.25) is 0 Å². The average molecular weight is 588 g/mol. The fourth-order valence-corrected chi connectivity index (χ4v) is 7.73. The molecule has 1 unspecified atom stereocenters. The van der Waals surface area contributed by atoms with Crippen LogP contribution in [0.1, 0.15) is 17.4 Å². The van der Waals surface area contributed by atoms with E-state index in [1.807, 2.05) is 48.5 Å². The summed E-state index contributed by atoms with van der Waals surface area (Å²) in [4.78, 5) is 13.2. The summed E-state index contributed by atoms with van der Waals surface area (Å²) in [6.45, 7) is -0.0110. The number of hydrogen-bond acceptors (Lipinski definition) is 10. The fraction of sp³-hybridized carbons (Fsp3) is 0.292. The fourth-order valence-electron chi connectivity index (χ4n) is 4.30. The molecule has 4 heterocycles. The number of nitrogens with two attached hydrogens (primary N) is 1. The van der Waals surface area contributed by atoms with Crippen molar-refractivity contribution in [2.45, 2.75) is 36.5 Å². The van der Waals surface area contributed by atoms with Gasteiger partial charge in [0.15, 0.2) is 0 Å². The molecule has 2 aromatic heterocycles. The van der Waals surface area contributed by atoms with E-state index in [4.69, 9.17) is 29.0 Å². The molecular formula is C24H24N5O6PSe. The van der Waals surface area contributed by atoms with Crippen LogP contribution in [-0.2, 0) is 34.8 Å². The number of phosphoric acid groups is 1. The van der Waals surface area contributed by atoms with Crippen LogP contribution in [0.25, 0.3) is 11.2 Å². The molecule has 0 saturated carbocycles. The molecule has 2 aliphatic rings. The Hall–Kier alpha value is -2.66. The monoisotopic (exact) mass is 589 g/mol. The van der Waals surface area contributed by atoms with E-state index in [1.54, 1.807) is 4.57 Å². The van der Waals surface area contributed by atoms with Crippen molar-refractivity contribution in [2.24, 2.45) is 0 Å². The van der Waals surface area contributed by atoms with Gasteiger partial charge >= 0.3 is 213 Å². The number of nitrogens with zero attached hydrogens (tertiary/aromatic N) is 4. The van der Waals surface area contributed by atoms with E-state index in [9.17, 15) is 9.67 Å². The molecule has 0 aliphatic carbocycles. The molecular weight excluding hydrogens is 564 g/mol. The van der Waals surface area contributed by atoms with E-state index < -0.39 is 32.4 Å². The van der Waals surface area contributed by atoms with Crippen LogP contribution < -0.4 is 10.5 Å². The van der Waals surface area contributed by atoms with Gasteiger partial charge in [0.2, 0.25) is 0 Å². The van der Waals surface area contributed by atoms with Crippen LogP contribution in [0.4, 0.5) is 5.82 Å². The Kier molecular flexibility index (Phi) is 6.83. The van der Waals surface area contributed by atoms with E-state index in [0.29, 0.717) is 15.9 Å². The molecule has 11 nitrogen and oxygen atoms in total. The molecule has 13 heteroatoms. The molecule has 192 valence electrons. The molecule has 5 atom stereocenters. The summed E-state index contributed by atoms with van der Waals surface area (Å²) in [5.74, 6) is 0.240. The zero-order chi connectivity index (χ0) is 25.4. The summed E-state index contributed by atoms with van der Waals surface area (Å²) in [5, 5.41) is 12.1. The predicted octanol–water partition coefficient (Wildman–Crippen LogP) is 1.94. The number of ether oxygens (including phenoxy) is 1. The van der Waals surface area contributed by atoms with Gasteiger partial charge in [-0.1, -0.05) is 6.07 Å². The van der Waals surface area contributed by atoms with Crippen molar-refractivity contribution in [2.75, 3.05) is 12.3 Å². The van der Waals surface area contributed by atoms with Crippen molar-refractivity contribution in [1.29, 1.82) is 0 Å². The summed E-state index contributed by atoms with van der Waals surface area (Å²) in [6.07, 6.45) is -2.31. The van der Waals surface area contributed by atoms with Crippen molar-refractivity contribution in [3.8, 4) is 0 Å². The van der Waals surface area contributed by atoms with Gasteiger partial charge < -0.3 is 0 Å². The minimum atomic E-state index is -3.92. The molecule has 2 aliphatic heterocycles. The number of phosphoric ester groups is 1. The van der Waals surface area contributed by atoms with Crippen molar-refractivity contribution in [3.63, 3.8) is 0 Å². The third-order valence-corrected chi connectivity index (χ3v) is 9.69. The second-order valence-electron chi connectivity index (χ2n) is 8.60. The second kappa shape index (κ2) is 10.2. The van der Waals surface area contributed by atoms with Gasteiger partial charge in [0, 0.05) is 0 Å². The first-order chi connectivity index (χ1) is 18.0. The van der Waals surface area contributed by atoms with E-state index >= 15 is 0 Å². The third-order valence-electron chi connectivity index (χ3n) is 6.13. The van der Waals surface area contributed by atoms with Crippen LogP contribution in [-0.4, -0.2) is 64.5 Å². The molecule has 37 heavy (non-hydrogen) atoms. The van der Waals surface area contributed by atoms with Crippen molar-refractivity contribution >= 4 is 44.5 Å². The Bertz CT molecular complexity index is 1440. The Morgan fingerprint density at radius 3 is 2.59 bits per heavy atom. The zero-order valence-electron chi connectivity index (χ0n) is 19.5. The Morgan fingerprint density at radius 1 is 1.11 bits per heavy atom. The van der Waals surface area contributed by atoms with Crippen molar-refractivity contribution in [1.82, 2.24) is 19.5 Å². The number of anilines is 1. The third kappa shape index (κ3) is 4.95. The first kappa shape index (κ1) is 24.7. The number of aromatic nitrogens is 4. The Morgan fingerprint density at radius 2 is 1.84 bits per heavy atom. The predicted molar refractivity (Wildman–Crippen MR) is 135 cm³/mol. The van der Waals surface area contributed by atoms with E-state index in [-0.39, 0.29) is 34.0 Å². The molecule has 4 aromatic rings. The van der Waals surface area contributed by atoms with Gasteiger partial charge in [-0.25, -0.2) is 0 Å². The molecule has 6 rings (SSSR count). The minimum absolute atomic E-state index is 0.0460. The van der Waals surface area contributed by atoms with Crippen molar-refractivity contribution < 1.29 is 28.0 Å². The van der Waals surface area contributed by atoms with E-state index in [1.165, 1.54) is 6.33 Å². The first-order valence-corrected chi connectivity index (χ1v) is 15.1. The number of rotatable bonds is 7. The SMILES string of the molecule is Nc1ncnc2c1nc([Se]Cc1ccccc1)n2[C@@H]1O[C@@H]2COP(=O)(OCc3ccccc3)O[C@H]2[C@H]1O. The number of aliphatic hydroxyl groups excluding tert-OH is 1.